The molecule has 0 bridgehead atoms. The van der Waals surface area contributed by atoms with Crippen LogP contribution in [0.15, 0.2) is 12.4 Å². The van der Waals surface area contributed by atoms with E-state index in [9.17, 15) is 4.79 Å². The summed E-state index contributed by atoms with van der Waals surface area (Å²) >= 11 is 0. The lowest BCUT2D eigenvalue weighted by atomic mass is 10.4. The summed E-state index contributed by atoms with van der Waals surface area (Å²) in [6.07, 6.45) is 4.92. The third-order valence-corrected chi connectivity index (χ3v) is 1.26. The highest BCUT2D eigenvalue weighted by Crippen LogP contribution is 1.85. The van der Waals surface area contributed by atoms with Gasteiger partial charge in [-0.05, 0) is 6.42 Å². The molecule has 0 unspecified atom stereocenters. The number of carbonyl (C=O) groups is 1. The number of nitrogens with zero attached hydrogens (tertiary/aromatic N) is 1. The first-order valence-electron chi connectivity index (χ1n) is 3.57. The molecule has 1 amide bonds. The molecule has 64 valence electrons. The van der Waals surface area contributed by atoms with Gasteiger partial charge >= 0.3 is 0 Å². The highest BCUT2D eigenvalue weighted by molar-refractivity contribution is 5.45. The second kappa shape index (κ2) is 6.92. The fourth-order valence-corrected chi connectivity index (χ4v) is 0.711. The van der Waals surface area contributed by atoms with Crippen LogP contribution in [0.1, 0.15) is 6.42 Å². The third-order valence-electron chi connectivity index (χ3n) is 1.26. The minimum atomic E-state index is 0.707. The summed E-state index contributed by atoms with van der Waals surface area (Å²) in [6.45, 7) is 1.61. The lowest BCUT2D eigenvalue weighted by Crippen LogP contribution is -2.19. The molecule has 0 fully saturated rings. The molecule has 0 radical (unpaired) electrons. The molecule has 0 aromatic heterocycles. The van der Waals surface area contributed by atoms with Gasteiger partial charge in [-0.3, -0.25) is 4.79 Å². The van der Waals surface area contributed by atoms with Crippen LogP contribution in [0.5, 0.6) is 0 Å². The van der Waals surface area contributed by atoms with Crippen molar-refractivity contribution < 1.29 is 4.79 Å². The molecule has 0 aliphatic carbocycles. The minimum absolute atomic E-state index is 0.707. The molecule has 0 saturated carbocycles. The molecule has 0 aromatic rings. The van der Waals surface area contributed by atoms with E-state index in [1.54, 1.807) is 6.20 Å². The summed E-state index contributed by atoms with van der Waals surface area (Å²) in [4.78, 5) is 11.8. The normalized spacial score (nSPS) is 9.91. The zero-order chi connectivity index (χ0) is 8.53. The van der Waals surface area contributed by atoms with Gasteiger partial charge in [-0.25, -0.2) is 0 Å². The van der Waals surface area contributed by atoms with Crippen LogP contribution in [0.4, 0.5) is 0 Å². The van der Waals surface area contributed by atoms with Gasteiger partial charge in [0.05, 0.1) is 0 Å². The summed E-state index contributed by atoms with van der Waals surface area (Å²) in [5.74, 6) is 0. The predicted octanol–water partition coefficient (Wildman–Crippen LogP) is -0.516. The van der Waals surface area contributed by atoms with Crippen molar-refractivity contribution in [1.29, 1.82) is 0 Å². The summed E-state index contributed by atoms with van der Waals surface area (Å²) in [5.41, 5.74) is 5.17. The standard InChI is InChI=1S/C7H15N3O/c1-10(6-3-8)5-2-4-9-7-11/h3,6-7H,2,4-5,8H2,1H3,(H,9,11)/b6-3-. The molecule has 0 spiro atoms. The molecule has 0 saturated heterocycles. The van der Waals surface area contributed by atoms with E-state index in [4.69, 9.17) is 5.73 Å². The highest BCUT2D eigenvalue weighted by Gasteiger charge is 1.89. The van der Waals surface area contributed by atoms with E-state index in [2.05, 4.69) is 5.32 Å². The van der Waals surface area contributed by atoms with E-state index in [0.717, 1.165) is 13.0 Å². The summed E-state index contributed by atoms with van der Waals surface area (Å²) in [6, 6.07) is 0. The van der Waals surface area contributed by atoms with Crippen LogP contribution in [-0.4, -0.2) is 31.4 Å². The lowest BCUT2D eigenvalue weighted by molar-refractivity contribution is -0.109. The van der Waals surface area contributed by atoms with Gasteiger partial charge < -0.3 is 16.0 Å². The molecule has 4 heteroatoms. The van der Waals surface area contributed by atoms with Crippen molar-refractivity contribution in [2.24, 2.45) is 5.73 Å². The molecule has 0 heterocycles. The average Bonchev–Trinajstić information content (AvgIpc) is 1.99. The Kier molecular flexibility index (Phi) is 6.17. The Morgan fingerprint density at radius 2 is 2.36 bits per heavy atom. The van der Waals surface area contributed by atoms with Crippen molar-refractivity contribution in [3.63, 3.8) is 0 Å². The Morgan fingerprint density at radius 3 is 2.91 bits per heavy atom. The van der Waals surface area contributed by atoms with E-state index < -0.39 is 0 Å². The number of rotatable bonds is 6. The first kappa shape index (κ1) is 9.81. The van der Waals surface area contributed by atoms with Crippen LogP contribution in [-0.2, 0) is 4.79 Å². The SMILES string of the molecule is CN(/C=C\N)CCCNC=O. The van der Waals surface area contributed by atoms with Crippen LogP contribution in [0.25, 0.3) is 0 Å². The van der Waals surface area contributed by atoms with E-state index in [1.807, 2.05) is 11.9 Å². The fourth-order valence-electron chi connectivity index (χ4n) is 0.711. The van der Waals surface area contributed by atoms with Gasteiger partial charge in [0.1, 0.15) is 0 Å². The van der Waals surface area contributed by atoms with Gasteiger partial charge in [-0.15, -0.1) is 0 Å². The van der Waals surface area contributed by atoms with Gasteiger partial charge in [-0.2, -0.15) is 0 Å². The second-order valence-electron chi connectivity index (χ2n) is 2.25. The number of hydrogen-bond acceptors (Lipinski definition) is 3. The topological polar surface area (TPSA) is 58.4 Å². The molecule has 0 aromatic carbocycles. The monoisotopic (exact) mass is 157 g/mol. The smallest absolute Gasteiger partial charge is 0.207 e. The van der Waals surface area contributed by atoms with Gasteiger partial charge in [0, 0.05) is 32.5 Å². The zero-order valence-corrected chi connectivity index (χ0v) is 6.79. The van der Waals surface area contributed by atoms with Crippen molar-refractivity contribution >= 4 is 6.41 Å². The molecular weight excluding hydrogens is 142 g/mol. The first-order chi connectivity index (χ1) is 5.31. The van der Waals surface area contributed by atoms with Crippen molar-refractivity contribution in [2.75, 3.05) is 20.1 Å². The van der Waals surface area contributed by atoms with Crippen molar-refractivity contribution in [3.8, 4) is 0 Å². The van der Waals surface area contributed by atoms with E-state index in [1.165, 1.54) is 6.20 Å². The van der Waals surface area contributed by atoms with Gasteiger partial charge in [-0.1, -0.05) is 0 Å². The third kappa shape index (κ3) is 6.70. The minimum Gasteiger partial charge on any atom is -0.403 e. The first-order valence-corrected chi connectivity index (χ1v) is 3.57. The van der Waals surface area contributed by atoms with Crippen molar-refractivity contribution in [2.45, 2.75) is 6.42 Å². The predicted molar refractivity (Wildman–Crippen MR) is 44.6 cm³/mol. The highest BCUT2D eigenvalue weighted by atomic mass is 16.1. The van der Waals surface area contributed by atoms with E-state index in [0.29, 0.717) is 13.0 Å². The van der Waals surface area contributed by atoms with Crippen LogP contribution >= 0.6 is 0 Å². The molecular formula is C7H15N3O. The van der Waals surface area contributed by atoms with Crippen LogP contribution < -0.4 is 11.1 Å². The summed E-state index contributed by atoms with van der Waals surface area (Å²) in [7, 11) is 1.93. The number of nitrogens with two attached hydrogens (primary N) is 1. The number of nitrogens with one attached hydrogen (secondary N) is 1. The van der Waals surface area contributed by atoms with Gasteiger partial charge in [0.25, 0.3) is 0 Å². The van der Waals surface area contributed by atoms with Crippen LogP contribution in [0, 0.1) is 0 Å². The maximum atomic E-state index is 9.82. The van der Waals surface area contributed by atoms with Crippen LogP contribution in [0.3, 0.4) is 0 Å². The largest absolute Gasteiger partial charge is 0.403 e. The van der Waals surface area contributed by atoms with Crippen molar-refractivity contribution in [3.05, 3.63) is 12.4 Å². The summed E-state index contributed by atoms with van der Waals surface area (Å²) in [5, 5.41) is 2.58. The van der Waals surface area contributed by atoms with Crippen LogP contribution in [0.2, 0.25) is 0 Å². The molecule has 0 aliphatic rings. The summed E-state index contributed by atoms with van der Waals surface area (Å²) < 4.78 is 0. The van der Waals surface area contributed by atoms with Gasteiger partial charge in [0.15, 0.2) is 0 Å². The fraction of sp³-hybridized carbons (Fsp3) is 0.571. The Hall–Kier alpha value is -1.19. The molecule has 0 aliphatic heterocycles. The molecule has 0 rings (SSSR count). The molecule has 4 nitrogen and oxygen atoms in total. The maximum absolute atomic E-state index is 9.82. The number of amides is 1. The zero-order valence-electron chi connectivity index (χ0n) is 6.79. The second-order valence-corrected chi connectivity index (χ2v) is 2.25. The van der Waals surface area contributed by atoms with E-state index in [-0.39, 0.29) is 0 Å². The Morgan fingerprint density at radius 1 is 1.64 bits per heavy atom. The Balaban J connectivity index is 3.16. The Labute approximate surface area is 67.1 Å². The number of hydrogen-bond donors (Lipinski definition) is 2. The Bertz CT molecular complexity index is 125. The lowest BCUT2D eigenvalue weighted by Gasteiger charge is -2.12. The quantitative estimate of drug-likeness (QED) is 0.403. The van der Waals surface area contributed by atoms with Gasteiger partial charge in [0.2, 0.25) is 6.41 Å². The van der Waals surface area contributed by atoms with E-state index >= 15 is 0 Å². The molecule has 3 N–H and O–H groups in total. The molecule has 11 heavy (non-hydrogen) atoms. The average molecular weight is 157 g/mol. The number of carbonyl (C=O) groups excluding carboxylic acids is 1. The molecule has 0 atom stereocenters. The van der Waals surface area contributed by atoms with Crippen molar-refractivity contribution in [1.82, 2.24) is 10.2 Å². The maximum Gasteiger partial charge on any atom is 0.207 e.